The third kappa shape index (κ3) is 4.50. The van der Waals surface area contributed by atoms with Gasteiger partial charge in [-0.25, -0.2) is 4.39 Å². The van der Waals surface area contributed by atoms with Crippen molar-refractivity contribution >= 4 is 34.7 Å². The Balaban J connectivity index is 1.65. The first-order valence-corrected chi connectivity index (χ1v) is 10.4. The standard InChI is InChI=1S/C25H20ClFN2O3/c1-32-21-4-2-3-20(15-21)28-23-22(17-7-9-18(26)10-8-17)24(30)29(25(23)31)14-13-16-5-11-19(27)12-6-16/h2-12,15,28H,13-14H2,1H3. The number of benzene rings is 3. The van der Waals surface area contributed by atoms with Crippen molar-refractivity contribution in [3.63, 3.8) is 0 Å². The van der Waals surface area contributed by atoms with E-state index in [1.807, 2.05) is 0 Å². The molecule has 1 aliphatic heterocycles. The van der Waals surface area contributed by atoms with Gasteiger partial charge in [-0.2, -0.15) is 0 Å². The van der Waals surface area contributed by atoms with Crippen molar-refractivity contribution in [2.75, 3.05) is 19.0 Å². The number of nitrogens with one attached hydrogen (secondary N) is 1. The van der Waals surface area contributed by atoms with E-state index >= 15 is 0 Å². The predicted molar refractivity (Wildman–Crippen MR) is 122 cm³/mol. The van der Waals surface area contributed by atoms with Crippen LogP contribution >= 0.6 is 11.6 Å². The number of nitrogens with zero attached hydrogens (tertiary/aromatic N) is 1. The molecule has 0 radical (unpaired) electrons. The number of ether oxygens (including phenoxy) is 1. The molecule has 7 heteroatoms. The van der Waals surface area contributed by atoms with Crippen LogP contribution in [-0.4, -0.2) is 30.4 Å². The number of anilines is 1. The van der Waals surface area contributed by atoms with E-state index in [0.29, 0.717) is 28.4 Å². The lowest BCUT2D eigenvalue weighted by atomic mass is 10.0. The lowest BCUT2D eigenvalue weighted by Crippen LogP contribution is -2.34. The Bertz CT molecular complexity index is 1190. The number of amides is 2. The van der Waals surface area contributed by atoms with Gasteiger partial charge in [0.15, 0.2) is 0 Å². The summed E-state index contributed by atoms with van der Waals surface area (Å²) < 4.78 is 18.4. The first-order valence-electron chi connectivity index (χ1n) is 9.98. The molecule has 32 heavy (non-hydrogen) atoms. The van der Waals surface area contributed by atoms with Crippen LogP contribution in [0.4, 0.5) is 10.1 Å². The summed E-state index contributed by atoms with van der Waals surface area (Å²) >= 11 is 6.01. The maximum atomic E-state index is 13.3. The molecule has 0 saturated carbocycles. The summed E-state index contributed by atoms with van der Waals surface area (Å²) in [7, 11) is 1.55. The summed E-state index contributed by atoms with van der Waals surface area (Å²) in [6.07, 6.45) is 0.415. The number of halogens is 2. The zero-order valence-corrected chi connectivity index (χ0v) is 18.0. The minimum absolute atomic E-state index is 0.170. The summed E-state index contributed by atoms with van der Waals surface area (Å²) in [5.74, 6) is -0.540. The average molecular weight is 451 g/mol. The number of hydrogen-bond donors (Lipinski definition) is 1. The molecule has 4 rings (SSSR count). The van der Waals surface area contributed by atoms with E-state index in [1.165, 1.54) is 17.0 Å². The van der Waals surface area contributed by atoms with Gasteiger partial charge >= 0.3 is 0 Å². The van der Waals surface area contributed by atoms with Crippen molar-refractivity contribution in [2.45, 2.75) is 6.42 Å². The molecular formula is C25H20ClFN2O3. The van der Waals surface area contributed by atoms with Gasteiger partial charge in [0.2, 0.25) is 0 Å². The lowest BCUT2D eigenvalue weighted by molar-refractivity contribution is -0.136. The first-order chi connectivity index (χ1) is 15.5. The fraction of sp³-hybridized carbons (Fsp3) is 0.120. The molecule has 3 aromatic rings. The Labute approximate surface area is 190 Å². The van der Waals surface area contributed by atoms with Crippen molar-refractivity contribution in [1.29, 1.82) is 0 Å². The van der Waals surface area contributed by atoms with Crippen LogP contribution in [0.5, 0.6) is 5.75 Å². The largest absolute Gasteiger partial charge is 0.497 e. The first kappa shape index (κ1) is 21.6. The van der Waals surface area contributed by atoms with Crippen LogP contribution in [0.1, 0.15) is 11.1 Å². The van der Waals surface area contributed by atoms with Crippen molar-refractivity contribution in [3.05, 3.63) is 100 Å². The molecule has 0 fully saturated rings. The molecule has 3 aromatic carbocycles. The average Bonchev–Trinajstić information content (AvgIpc) is 3.03. The Morgan fingerprint density at radius 3 is 2.38 bits per heavy atom. The molecule has 0 unspecified atom stereocenters. The van der Waals surface area contributed by atoms with Crippen LogP contribution < -0.4 is 10.1 Å². The number of carbonyl (C=O) groups excluding carboxylic acids is 2. The number of imide groups is 1. The van der Waals surface area contributed by atoms with Gasteiger partial charge in [0.05, 0.1) is 12.7 Å². The topological polar surface area (TPSA) is 58.6 Å². The fourth-order valence-electron chi connectivity index (χ4n) is 3.52. The Hall–Kier alpha value is -3.64. The highest BCUT2D eigenvalue weighted by Gasteiger charge is 2.39. The van der Waals surface area contributed by atoms with Crippen LogP contribution in [0.2, 0.25) is 5.02 Å². The van der Waals surface area contributed by atoms with Gasteiger partial charge in [-0.1, -0.05) is 41.9 Å². The molecule has 0 bridgehead atoms. The van der Waals surface area contributed by atoms with Crippen LogP contribution in [0.3, 0.4) is 0 Å². The Morgan fingerprint density at radius 1 is 0.969 bits per heavy atom. The second-order valence-corrected chi connectivity index (χ2v) is 7.69. The van der Waals surface area contributed by atoms with E-state index in [0.717, 1.165) is 5.56 Å². The van der Waals surface area contributed by atoms with E-state index in [1.54, 1.807) is 67.8 Å². The Kier molecular flexibility index (Phi) is 6.23. The molecule has 0 atom stereocenters. The summed E-state index contributed by atoms with van der Waals surface area (Å²) in [4.78, 5) is 27.8. The molecule has 5 nitrogen and oxygen atoms in total. The second-order valence-electron chi connectivity index (χ2n) is 7.25. The zero-order chi connectivity index (χ0) is 22.7. The van der Waals surface area contributed by atoms with Gasteiger partial charge in [0.1, 0.15) is 17.3 Å². The maximum absolute atomic E-state index is 13.3. The Morgan fingerprint density at radius 2 is 1.69 bits per heavy atom. The van der Waals surface area contributed by atoms with Crippen LogP contribution in [0.15, 0.2) is 78.5 Å². The summed E-state index contributed by atoms with van der Waals surface area (Å²) in [5.41, 5.74) is 2.49. The summed E-state index contributed by atoms with van der Waals surface area (Å²) in [5, 5.41) is 3.63. The van der Waals surface area contributed by atoms with E-state index in [2.05, 4.69) is 5.32 Å². The molecule has 0 aromatic heterocycles. The molecule has 1 aliphatic rings. The minimum atomic E-state index is -0.426. The molecule has 0 aliphatic carbocycles. The van der Waals surface area contributed by atoms with Crippen LogP contribution in [0.25, 0.3) is 5.57 Å². The highest BCUT2D eigenvalue weighted by Crippen LogP contribution is 2.32. The molecule has 1 heterocycles. The molecule has 0 spiro atoms. The van der Waals surface area contributed by atoms with Crippen molar-refractivity contribution in [1.82, 2.24) is 4.90 Å². The highest BCUT2D eigenvalue weighted by molar-refractivity contribution is 6.36. The third-order valence-electron chi connectivity index (χ3n) is 5.18. The zero-order valence-electron chi connectivity index (χ0n) is 17.3. The van der Waals surface area contributed by atoms with Gasteiger partial charge in [-0.15, -0.1) is 0 Å². The highest BCUT2D eigenvalue weighted by atomic mass is 35.5. The van der Waals surface area contributed by atoms with Crippen molar-refractivity contribution < 1.29 is 18.7 Å². The van der Waals surface area contributed by atoms with Crippen LogP contribution in [-0.2, 0) is 16.0 Å². The molecule has 1 N–H and O–H groups in total. The fourth-order valence-corrected chi connectivity index (χ4v) is 3.64. The van der Waals surface area contributed by atoms with Gasteiger partial charge in [-0.3, -0.25) is 14.5 Å². The van der Waals surface area contributed by atoms with E-state index in [4.69, 9.17) is 16.3 Å². The SMILES string of the molecule is COc1cccc(NC2=C(c3ccc(Cl)cc3)C(=O)N(CCc3ccc(F)cc3)C2=O)c1. The molecule has 2 amide bonds. The van der Waals surface area contributed by atoms with Gasteiger partial charge in [0, 0.05) is 23.3 Å². The van der Waals surface area contributed by atoms with Crippen LogP contribution in [0, 0.1) is 5.82 Å². The quantitative estimate of drug-likeness (QED) is 0.519. The number of methoxy groups -OCH3 is 1. The minimum Gasteiger partial charge on any atom is -0.497 e. The maximum Gasteiger partial charge on any atom is 0.278 e. The molecule has 0 saturated heterocycles. The number of rotatable bonds is 7. The van der Waals surface area contributed by atoms with Gasteiger partial charge < -0.3 is 10.1 Å². The van der Waals surface area contributed by atoms with E-state index < -0.39 is 11.8 Å². The van der Waals surface area contributed by atoms with E-state index in [9.17, 15) is 14.0 Å². The number of carbonyl (C=O) groups is 2. The van der Waals surface area contributed by atoms with Crippen molar-refractivity contribution in [3.8, 4) is 5.75 Å². The smallest absolute Gasteiger partial charge is 0.278 e. The van der Waals surface area contributed by atoms with Gasteiger partial charge in [0.25, 0.3) is 11.8 Å². The predicted octanol–water partition coefficient (Wildman–Crippen LogP) is 4.92. The third-order valence-corrected chi connectivity index (χ3v) is 5.43. The van der Waals surface area contributed by atoms with E-state index in [-0.39, 0.29) is 23.6 Å². The summed E-state index contributed by atoms with van der Waals surface area (Å²) in [6, 6.07) is 19.9. The monoisotopic (exact) mass is 450 g/mol. The van der Waals surface area contributed by atoms with Crippen molar-refractivity contribution in [2.24, 2.45) is 0 Å². The second kappa shape index (κ2) is 9.24. The summed E-state index contributed by atoms with van der Waals surface area (Å²) in [6.45, 7) is 0.170. The van der Waals surface area contributed by atoms with Gasteiger partial charge in [-0.05, 0) is 53.9 Å². The molecule has 162 valence electrons. The normalized spacial score (nSPS) is 13.7. The molecular weight excluding hydrogens is 431 g/mol. The lowest BCUT2D eigenvalue weighted by Gasteiger charge is -2.15. The number of hydrogen-bond acceptors (Lipinski definition) is 4.